The third-order valence-corrected chi connectivity index (χ3v) is 5.34. The molecule has 5 heteroatoms. The number of nitrogens with zero attached hydrogens (tertiary/aromatic N) is 2. The Morgan fingerprint density at radius 3 is 2.68 bits per heavy atom. The van der Waals surface area contributed by atoms with E-state index in [2.05, 4.69) is 35.2 Å². The van der Waals surface area contributed by atoms with Crippen LogP contribution in [-0.4, -0.2) is 55.0 Å². The van der Waals surface area contributed by atoms with Gasteiger partial charge in [0.2, 0.25) is 5.91 Å². The first-order valence-corrected chi connectivity index (χ1v) is 9.21. The highest BCUT2D eigenvalue weighted by Gasteiger charge is 2.19. The molecule has 1 N–H and O–H groups in total. The molecule has 2 heterocycles. The molecular formula is C20H29N3O2. The van der Waals surface area contributed by atoms with Gasteiger partial charge in [0.25, 0.3) is 0 Å². The van der Waals surface area contributed by atoms with Crippen molar-refractivity contribution in [1.82, 2.24) is 15.1 Å². The molecule has 136 valence electrons. The molecule has 1 aromatic heterocycles. The van der Waals surface area contributed by atoms with Crippen LogP contribution in [0.3, 0.4) is 0 Å². The fourth-order valence-corrected chi connectivity index (χ4v) is 3.45. The summed E-state index contributed by atoms with van der Waals surface area (Å²) >= 11 is 0. The predicted molar refractivity (Wildman–Crippen MR) is 101 cm³/mol. The van der Waals surface area contributed by atoms with E-state index in [1.165, 1.54) is 0 Å². The van der Waals surface area contributed by atoms with Crippen molar-refractivity contribution in [3.8, 4) is 0 Å². The van der Waals surface area contributed by atoms with Crippen molar-refractivity contribution in [1.29, 1.82) is 0 Å². The van der Waals surface area contributed by atoms with Crippen LogP contribution >= 0.6 is 0 Å². The van der Waals surface area contributed by atoms with Gasteiger partial charge in [0, 0.05) is 49.6 Å². The number of benzene rings is 1. The molecule has 0 saturated carbocycles. The molecule has 0 radical (unpaired) electrons. The second-order valence-corrected chi connectivity index (χ2v) is 7.15. The topological polar surface area (TPSA) is 48.7 Å². The Morgan fingerprint density at radius 1 is 1.24 bits per heavy atom. The molecule has 0 bridgehead atoms. The van der Waals surface area contributed by atoms with E-state index in [0.29, 0.717) is 19.0 Å². The lowest BCUT2D eigenvalue weighted by Crippen LogP contribution is -2.48. The molecule has 0 unspecified atom stereocenters. The third-order valence-electron chi connectivity index (χ3n) is 5.34. The number of aryl methyl sites for hydroxylation is 1. The predicted octanol–water partition coefficient (Wildman–Crippen LogP) is 2.77. The van der Waals surface area contributed by atoms with Crippen LogP contribution in [0.15, 0.2) is 28.7 Å². The smallest absolute Gasteiger partial charge is 0.220 e. The van der Waals surface area contributed by atoms with Crippen molar-refractivity contribution >= 4 is 16.9 Å². The normalized spacial score (nSPS) is 17.7. The second kappa shape index (κ2) is 8.02. The number of para-hydroxylation sites is 1. The highest BCUT2D eigenvalue weighted by atomic mass is 16.3. The molecule has 2 aromatic rings. The highest BCUT2D eigenvalue weighted by molar-refractivity contribution is 5.82. The summed E-state index contributed by atoms with van der Waals surface area (Å²) in [6.45, 7) is 9.14. The van der Waals surface area contributed by atoms with Gasteiger partial charge >= 0.3 is 0 Å². The van der Waals surface area contributed by atoms with Crippen LogP contribution in [0.2, 0.25) is 0 Å². The van der Waals surface area contributed by atoms with E-state index in [4.69, 9.17) is 4.42 Å². The van der Waals surface area contributed by atoms with Crippen molar-refractivity contribution in [2.24, 2.45) is 0 Å². The highest BCUT2D eigenvalue weighted by Crippen LogP contribution is 2.24. The average Bonchev–Trinajstić information content (AvgIpc) is 2.95. The first-order chi connectivity index (χ1) is 12.0. The Kier molecular flexibility index (Phi) is 5.76. The van der Waals surface area contributed by atoms with Crippen LogP contribution in [0.1, 0.15) is 31.1 Å². The van der Waals surface area contributed by atoms with Gasteiger partial charge in [-0.25, -0.2) is 0 Å². The van der Waals surface area contributed by atoms with Gasteiger partial charge in [-0.15, -0.1) is 0 Å². The average molecular weight is 343 g/mol. The van der Waals surface area contributed by atoms with Gasteiger partial charge in [-0.2, -0.15) is 0 Å². The van der Waals surface area contributed by atoms with E-state index in [1.807, 2.05) is 25.1 Å². The number of hydrogen-bond donors (Lipinski definition) is 1. The van der Waals surface area contributed by atoms with Crippen LogP contribution in [0, 0.1) is 6.92 Å². The molecule has 3 rings (SSSR count). The summed E-state index contributed by atoms with van der Waals surface area (Å²) in [4.78, 5) is 17.0. The molecule has 1 amide bonds. The van der Waals surface area contributed by atoms with Crippen LogP contribution in [0.5, 0.6) is 0 Å². The number of amides is 1. The zero-order valence-corrected chi connectivity index (χ0v) is 15.5. The molecule has 0 spiro atoms. The Labute approximate surface area is 150 Å². The molecule has 25 heavy (non-hydrogen) atoms. The van der Waals surface area contributed by atoms with Crippen molar-refractivity contribution in [2.75, 3.05) is 33.2 Å². The second-order valence-electron chi connectivity index (χ2n) is 7.15. The van der Waals surface area contributed by atoms with Gasteiger partial charge in [0.1, 0.15) is 11.3 Å². The molecule has 5 nitrogen and oxygen atoms in total. The van der Waals surface area contributed by atoms with Gasteiger partial charge in [0.15, 0.2) is 0 Å². The third kappa shape index (κ3) is 4.41. The molecule has 1 fully saturated rings. The summed E-state index contributed by atoms with van der Waals surface area (Å²) < 4.78 is 5.85. The van der Waals surface area contributed by atoms with Crippen molar-refractivity contribution in [2.45, 2.75) is 39.3 Å². The molecule has 1 atom stereocenters. The minimum absolute atomic E-state index is 0.0980. The molecule has 1 aromatic carbocycles. The number of likely N-dealkylation sites (N-methyl/N-ethyl adjacent to an activating group) is 1. The van der Waals surface area contributed by atoms with E-state index in [1.54, 1.807) is 0 Å². The lowest BCUT2D eigenvalue weighted by Gasteiger charge is -2.36. The van der Waals surface area contributed by atoms with Crippen molar-refractivity contribution in [3.63, 3.8) is 0 Å². The van der Waals surface area contributed by atoms with E-state index >= 15 is 0 Å². The number of fused-ring (bicyclic) bond motifs is 1. The lowest BCUT2D eigenvalue weighted by molar-refractivity contribution is -0.121. The number of rotatable bonds is 6. The van der Waals surface area contributed by atoms with Crippen LogP contribution < -0.4 is 5.32 Å². The summed E-state index contributed by atoms with van der Waals surface area (Å²) in [5.74, 6) is 0.947. The van der Waals surface area contributed by atoms with E-state index in [0.717, 1.165) is 54.9 Å². The molecule has 1 aliphatic rings. The first kappa shape index (κ1) is 18.0. The van der Waals surface area contributed by atoms with Crippen LogP contribution in [0.4, 0.5) is 0 Å². The minimum Gasteiger partial charge on any atom is -0.459 e. The number of hydrogen-bond acceptors (Lipinski definition) is 4. The fourth-order valence-electron chi connectivity index (χ4n) is 3.45. The maximum absolute atomic E-state index is 12.2. The SMILES string of the molecule is Cc1c(CNC(=O)CC[C@@H](C)N2CCN(C)CC2)oc2ccccc12. The standard InChI is InChI=1S/C20H29N3O2/c1-15(23-12-10-22(3)11-13-23)8-9-20(24)21-14-19-16(2)17-6-4-5-7-18(17)25-19/h4-7,15H,8-14H2,1-3H3,(H,21,24)/t15-/m1/s1. The quantitative estimate of drug-likeness (QED) is 0.876. The number of furan rings is 1. The molecular weight excluding hydrogens is 314 g/mol. The minimum atomic E-state index is 0.0980. The summed E-state index contributed by atoms with van der Waals surface area (Å²) in [6.07, 6.45) is 1.46. The molecule has 1 aliphatic heterocycles. The Bertz CT molecular complexity index is 717. The Morgan fingerprint density at radius 2 is 1.96 bits per heavy atom. The number of nitrogens with one attached hydrogen (secondary N) is 1. The van der Waals surface area contributed by atoms with E-state index in [9.17, 15) is 4.79 Å². The van der Waals surface area contributed by atoms with Gasteiger partial charge in [-0.1, -0.05) is 18.2 Å². The maximum atomic E-state index is 12.2. The Hall–Kier alpha value is -1.85. The zero-order valence-electron chi connectivity index (χ0n) is 15.5. The van der Waals surface area contributed by atoms with Gasteiger partial charge in [0.05, 0.1) is 6.54 Å². The number of carbonyl (C=O) groups excluding carboxylic acids is 1. The van der Waals surface area contributed by atoms with Crippen LogP contribution in [0.25, 0.3) is 11.0 Å². The Balaban J connectivity index is 1.45. The first-order valence-electron chi connectivity index (χ1n) is 9.21. The van der Waals surface area contributed by atoms with Gasteiger partial charge in [-0.05, 0) is 33.4 Å². The largest absolute Gasteiger partial charge is 0.459 e. The monoisotopic (exact) mass is 343 g/mol. The van der Waals surface area contributed by atoms with Crippen molar-refractivity contribution < 1.29 is 9.21 Å². The van der Waals surface area contributed by atoms with Crippen molar-refractivity contribution in [3.05, 3.63) is 35.6 Å². The van der Waals surface area contributed by atoms with Gasteiger partial charge < -0.3 is 14.6 Å². The number of piperazine rings is 1. The maximum Gasteiger partial charge on any atom is 0.220 e. The molecule has 1 saturated heterocycles. The van der Waals surface area contributed by atoms with E-state index < -0.39 is 0 Å². The number of carbonyl (C=O) groups is 1. The fraction of sp³-hybridized carbons (Fsp3) is 0.550. The van der Waals surface area contributed by atoms with E-state index in [-0.39, 0.29) is 5.91 Å². The summed E-state index contributed by atoms with van der Waals surface area (Å²) in [7, 11) is 2.16. The summed E-state index contributed by atoms with van der Waals surface area (Å²) in [6, 6.07) is 8.44. The zero-order chi connectivity index (χ0) is 17.8. The van der Waals surface area contributed by atoms with Crippen LogP contribution in [-0.2, 0) is 11.3 Å². The summed E-state index contributed by atoms with van der Waals surface area (Å²) in [5, 5.41) is 4.13. The van der Waals surface area contributed by atoms with Gasteiger partial charge in [-0.3, -0.25) is 9.69 Å². The molecule has 0 aliphatic carbocycles. The lowest BCUT2D eigenvalue weighted by atomic mass is 10.1. The summed E-state index contributed by atoms with van der Waals surface area (Å²) in [5.41, 5.74) is 2.00.